The van der Waals surface area contributed by atoms with Crippen LogP contribution < -0.4 is 5.32 Å². The smallest absolute Gasteiger partial charge is 0.245 e. The summed E-state index contributed by atoms with van der Waals surface area (Å²) in [6.07, 6.45) is 0.0563. The van der Waals surface area contributed by atoms with Gasteiger partial charge in [-0.05, 0) is 36.1 Å². The van der Waals surface area contributed by atoms with Gasteiger partial charge in [0.2, 0.25) is 11.8 Å². The molecule has 174 valence electrons. The number of ether oxygens (including phenoxy) is 2. The summed E-state index contributed by atoms with van der Waals surface area (Å²) in [5.74, 6) is 0.815. The van der Waals surface area contributed by atoms with Gasteiger partial charge < -0.3 is 24.1 Å². The van der Waals surface area contributed by atoms with E-state index >= 15 is 0 Å². The number of carbonyl (C=O) groups excluding carboxylic acids is 2. The number of carbonyl (C=O) groups is 2. The van der Waals surface area contributed by atoms with E-state index in [1.54, 1.807) is 22.3 Å². The average molecular weight is 469 g/mol. The first-order valence-electron chi connectivity index (χ1n) is 11.0. The number of aryl methyl sites for hydroxylation is 1. The molecular formula is C25H28N2O5S. The Morgan fingerprint density at radius 2 is 1.91 bits per heavy atom. The van der Waals surface area contributed by atoms with Crippen molar-refractivity contribution in [3.63, 3.8) is 0 Å². The summed E-state index contributed by atoms with van der Waals surface area (Å²) < 4.78 is 17.1. The third kappa shape index (κ3) is 6.31. The van der Waals surface area contributed by atoms with Crippen LogP contribution in [0, 0.1) is 6.92 Å². The van der Waals surface area contributed by atoms with Crippen molar-refractivity contribution in [2.24, 2.45) is 0 Å². The lowest BCUT2D eigenvalue weighted by atomic mass is 10.2. The number of thiophene rings is 1. The molecule has 0 bridgehead atoms. The topological polar surface area (TPSA) is 81.0 Å². The molecule has 1 atom stereocenters. The largest absolute Gasteiger partial charge is 0.461 e. The second-order valence-corrected chi connectivity index (χ2v) is 8.90. The van der Waals surface area contributed by atoms with Crippen LogP contribution in [0.4, 0.5) is 0 Å². The highest BCUT2D eigenvalue weighted by molar-refractivity contribution is 7.10. The molecule has 0 radical (unpaired) electrons. The quantitative estimate of drug-likeness (QED) is 0.600. The van der Waals surface area contributed by atoms with Crippen molar-refractivity contribution < 1.29 is 23.5 Å². The number of hydrogen-bond donors (Lipinski definition) is 1. The monoisotopic (exact) mass is 468 g/mol. The molecule has 1 aromatic carbocycles. The molecule has 3 heterocycles. The van der Waals surface area contributed by atoms with Gasteiger partial charge >= 0.3 is 0 Å². The molecule has 3 aromatic rings. The number of benzene rings is 1. The molecule has 1 saturated heterocycles. The molecule has 1 unspecified atom stereocenters. The van der Waals surface area contributed by atoms with Crippen LogP contribution in [0.5, 0.6) is 0 Å². The summed E-state index contributed by atoms with van der Waals surface area (Å²) in [5.41, 5.74) is 2.11. The Morgan fingerprint density at radius 3 is 2.70 bits per heavy atom. The van der Waals surface area contributed by atoms with Crippen molar-refractivity contribution in [2.45, 2.75) is 25.9 Å². The standard InChI is InChI=1S/C25H28N2O5S/c1-18-13-21(33-17-18)15-26-25(29)22-16-31-12-11-30-10-9-27(22)24(28)14-20-7-8-23(32-20)19-5-3-2-4-6-19/h2-8,13,17,22H,9-12,14-16H2,1H3,(H,26,29). The number of rotatable bonds is 6. The van der Waals surface area contributed by atoms with E-state index in [2.05, 4.69) is 5.32 Å². The van der Waals surface area contributed by atoms with Gasteiger partial charge in [-0.25, -0.2) is 0 Å². The Hall–Kier alpha value is -2.94. The number of amides is 2. The molecule has 1 aliphatic heterocycles. The minimum absolute atomic E-state index is 0.0563. The Kier molecular flexibility index (Phi) is 7.93. The fraction of sp³-hybridized carbons (Fsp3) is 0.360. The van der Waals surface area contributed by atoms with Gasteiger partial charge in [0.05, 0.1) is 39.4 Å². The van der Waals surface area contributed by atoms with E-state index in [0.717, 1.165) is 16.0 Å². The third-order valence-electron chi connectivity index (χ3n) is 5.39. The minimum atomic E-state index is -0.733. The maximum Gasteiger partial charge on any atom is 0.245 e. The molecule has 33 heavy (non-hydrogen) atoms. The summed E-state index contributed by atoms with van der Waals surface area (Å²) in [4.78, 5) is 28.9. The van der Waals surface area contributed by atoms with Gasteiger partial charge in [-0.15, -0.1) is 11.3 Å². The zero-order valence-electron chi connectivity index (χ0n) is 18.6. The van der Waals surface area contributed by atoms with Crippen LogP contribution in [-0.4, -0.2) is 55.7 Å². The molecular weight excluding hydrogens is 440 g/mol. The van der Waals surface area contributed by atoms with E-state index in [0.29, 0.717) is 44.4 Å². The third-order valence-corrected chi connectivity index (χ3v) is 6.45. The number of nitrogens with one attached hydrogen (secondary N) is 1. The zero-order valence-corrected chi connectivity index (χ0v) is 19.4. The van der Waals surface area contributed by atoms with E-state index in [4.69, 9.17) is 13.9 Å². The highest BCUT2D eigenvalue weighted by Crippen LogP contribution is 2.22. The van der Waals surface area contributed by atoms with Gasteiger partial charge in [0, 0.05) is 17.0 Å². The lowest BCUT2D eigenvalue weighted by molar-refractivity contribution is -0.142. The zero-order chi connectivity index (χ0) is 23.0. The van der Waals surface area contributed by atoms with E-state index in [-0.39, 0.29) is 24.8 Å². The molecule has 7 nitrogen and oxygen atoms in total. The maximum atomic E-state index is 13.3. The van der Waals surface area contributed by atoms with Gasteiger partial charge in [-0.3, -0.25) is 9.59 Å². The van der Waals surface area contributed by atoms with Crippen molar-refractivity contribution in [3.05, 3.63) is 70.1 Å². The molecule has 0 aliphatic carbocycles. The second-order valence-electron chi connectivity index (χ2n) is 7.91. The van der Waals surface area contributed by atoms with Gasteiger partial charge in [0.25, 0.3) is 0 Å². The van der Waals surface area contributed by atoms with Crippen LogP contribution in [0.3, 0.4) is 0 Å². The summed E-state index contributed by atoms with van der Waals surface area (Å²) in [6, 6.07) is 14.7. The van der Waals surface area contributed by atoms with Crippen LogP contribution in [0.15, 0.2) is 58.3 Å². The van der Waals surface area contributed by atoms with Crippen LogP contribution in [0.1, 0.15) is 16.2 Å². The predicted molar refractivity (Wildman–Crippen MR) is 126 cm³/mol. The van der Waals surface area contributed by atoms with Crippen LogP contribution >= 0.6 is 11.3 Å². The SMILES string of the molecule is Cc1csc(CNC(=O)C2COCCOCCN2C(=O)Cc2ccc(-c3ccccc3)o2)c1. The molecule has 1 aliphatic rings. The van der Waals surface area contributed by atoms with Gasteiger partial charge in [-0.2, -0.15) is 0 Å². The summed E-state index contributed by atoms with van der Waals surface area (Å²) in [5, 5.41) is 5.00. The highest BCUT2D eigenvalue weighted by atomic mass is 32.1. The Morgan fingerprint density at radius 1 is 1.09 bits per heavy atom. The Labute approximate surface area is 197 Å². The maximum absolute atomic E-state index is 13.3. The van der Waals surface area contributed by atoms with E-state index in [1.165, 1.54) is 0 Å². The molecule has 8 heteroatoms. The fourth-order valence-electron chi connectivity index (χ4n) is 3.70. The molecule has 0 saturated carbocycles. The molecule has 4 rings (SSSR count). The first-order valence-corrected chi connectivity index (χ1v) is 11.9. The lowest BCUT2D eigenvalue weighted by Crippen LogP contribution is -2.53. The first-order chi connectivity index (χ1) is 16.1. The van der Waals surface area contributed by atoms with Crippen molar-refractivity contribution in [1.82, 2.24) is 10.2 Å². The summed E-state index contributed by atoms with van der Waals surface area (Å²) >= 11 is 1.60. The summed E-state index contributed by atoms with van der Waals surface area (Å²) in [6.45, 7) is 4.04. The first kappa shape index (κ1) is 23.2. The van der Waals surface area contributed by atoms with Gasteiger partial charge in [-0.1, -0.05) is 30.3 Å². The van der Waals surface area contributed by atoms with Crippen molar-refractivity contribution in [3.8, 4) is 11.3 Å². The number of furan rings is 1. The predicted octanol–water partition coefficient (Wildman–Crippen LogP) is 3.42. The minimum Gasteiger partial charge on any atom is -0.461 e. The van der Waals surface area contributed by atoms with Crippen molar-refractivity contribution >= 4 is 23.2 Å². The molecule has 2 amide bonds. The molecule has 1 N–H and O–H groups in total. The number of hydrogen-bond acceptors (Lipinski definition) is 6. The van der Waals surface area contributed by atoms with Crippen LogP contribution in [0.25, 0.3) is 11.3 Å². The van der Waals surface area contributed by atoms with Gasteiger partial charge in [0.15, 0.2) is 0 Å². The van der Waals surface area contributed by atoms with E-state index < -0.39 is 6.04 Å². The Bertz CT molecular complexity index is 1060. The van der Waals surface area contributed by atoms with E-state index in [1.807, 2.05) is 54.8 Å². The van der Waals surface area contributed by atoms with Gasteiger partial charge in [0.1, 0.15) is 17.6 Å². The van der Waals surface area contributed by atoms with Crippen LogP contribution in [-0.2, 0) is 32.0 Å². The summed E-state index contributed by atoms with van der Waals surface area (Å²) in [7, 11) is 0. The van der Waals surface area contributed by atoms with E-state index in [9.17, 15) is 9.59 Å². The molecule has 2 aromatic heterocycles. The lowest BCUT2D eigenvalue weighted by Gasteiger charge is -2.29. The molecule has 1 fully saturated rings. The second kappa shape index (κ2) is 11.3. The van der Waals surface area contributed by atoms with Crippen molar-refractivity contribution in [1.29, 1.82) is 0 Å². The molecule has 0 spiro atoms. The number of nitrogens with zero attached hydrogens (tertiary/aromatic N) is 1. The fourth-order valence-corrected chi connectivity index (χ4v) is 4.51. The normalized spacial score (nSPS) is 17.1. The van der Waals surface area contributed by atoms with Crippen molar-refractivity contribution in [2.75, 3.05) is 33.0 Å². The van der Waals surface area contributed by atoms with Crippen LogP contribution in [0.2, 0.25) is 0 Å². The Balaban J connectivity index is 1.45. The average Bonchev–Trinajstić information content (AvgIpc) is 3.48. The highest BCUT2D eigenvalue weighted by Gasteiger charge is 2.31.